The van der Waals surface area contributed by atoms with E-state index in [1.54, 1.807) is 0 Å². The van der Waals surface area contributed by atoms with Crippen LogP contribution in [0.15, 0.2) is 24.5 Å². The number of fused-ring (bicyclic) bond motifs is 1. The van der Waals surface area contributed by atoms with Gasteiger partial charge in [-0.15, -0.1) is 0 Å². The minimum Gasteiger partial charge on any atom is -0.358 e. The minimum absolute atomic E-state index is 0.0407. The van der Waals surface area contributed by atoms with E-state index in [1.807, 2.05) is 4.90 Å². The van der Waals surface area contributed by atoms with Crippen LogP contribution in [0.2, 0.25) is 0 Å². The van der Waals surface area contributed by atoms with Crippen LogP contribution < -0.4 is 16.4 Å². The molecule has 3 aliphatic rings. The topological polar surface area (TPSA) is 116 Å². The summed E-state index contributed by atoms with van der Waals surface area (Å²) in [4.78, 5) is 39.6. The highest BCUT2D eigenvalue weighted by atomic mass is 19.4. The Morgan fingerprint density at radius 3 is 2.52 bits per heavy atom. The van der Waals surface area contributed by atoms with Crippen molar-refractivity contribution in [3.63, 3.8) is 0 Å². The summed E-state index contributed by atoms with van der Waals surface area (Å²) in [5.74, 6) is 0.0511. The summed E-state index contributed by atoms with van der Waals surface area (Å²) in [5.41, 5.74) is 5.63. The van der Waals surface area contributed by atoms with Crippen molar-refractivity contribution in [2.45, 2.75) is 108 Å². The number of anilines is 1. The van der Waals surface area contributed by atoms with E-state index in [0.717, 1.165) is 57.1 Å². The van der Waals surface area contributed by atoms with Gasteiger partial charge in [0.1, 0.15) is 18.2 Å². The van der Waals surface area contributed by atoms with E-state index in [4.69, 9.17) is 5.73 Å². The van der Waals surface area contributed by atoms with E-state index in [0.29, 0.717) is 24.5 Å². The Labute approximate surface area is 244 Å². The maximum Gasteiger partial charge on any atom is 0.416 e. The number of hydrogen-bond acceptors (Lipinski definition) is 7. The van der Waals surface area contributed by atoms with E-state index >= 15 is 0 Å². The molecule has 1 aromatic heterocycles. The lowest BCUT2D eigenvalue weighted by molar-refractivity contribution is -0.137. The van der Waals surface area contributed by atoms with Crippen molar-refractivity contribution in [2.24, 2.45) is 11.7 Å². The number of benzene rings is 1. The van der Waals surface area contributed by atoms with Crippen molar-refractivity contribution in [1.82, 2.24) is 25.1 Å². The van der Waals surface area contributed by atoms with Crippen molar-refractivity contribution in [1.29, 1.82) is 0 Å². The third-order valence-electron chi connectivity index (χ3n) is 9.56. The molecule has 1 aromatic carbocycles. The number of halogens is 3. The first-order valence-electron chi connectivity index (χ1n) is 15.1. The van der Waals surface area contributed by atoms with Crippen LogP contribution in [0.4, 0.5) is 19.0 Å². The first-order valence-corrected chi connectivity index (χ1v) is 15.1. The smallest absolute Gasteiger partial charge is 0.358 e. The number of nitrogens with one attached hydrogen (secondary N) is 2. The van der Waals surface area contributed by atoms with Gasteiger partial charge in [-0.3, -0.25) is 9.59 Å². The van der Waals surface area contributed by atoms with Crippen molar-refractivity contribution in [2.75, 3.05) is 18.9 Å². The highest BCUT2D eigenvalue weighted by molar-refractivity contribution is 5.93. The van der Waals surface area contributed by atoms with Crippen LogP contribution in [0, 0.1) is 5.92 Å². The van der Waals surface area contributed by atoms with Gasteiger partial charge < -0.3 is 26.2 Å². The van der Waals surface area contributed by atoms with Crippen molar-refractivity contribution < 1.29 is 22.8 Å². The second-order valence-electron chi connectivity index (χ2n) is 12.5. The Morgan fingerprint density at radius 1 is 1.10 bits per heavy atom. The highest BCUT2D eigenvalue weighted by Crippen LogP contribution is 2.35. The maximum absolute atomic E-state index is 13.8. The average molecular weight is 590 g/mol. The fraction of sp³-hybridized carbons (Fsp3) is 0.667. The predicted molar refractivity (Wildman–Crippen MR) is 154 cm³/mol. The molecule has 2 amide bonds. The fourth-order valence-corrected chi connectivity index (χ4v) is 6.81. The van der Waals surface area contributed by atoms with Gasteiger partial charge in [0.15, 0.2) is 0 Å². The average Bonchev–Trinajstić information content (AvgIpc) is 3.31. The van der Waals surface area contributed by atoms with Gasteiger partial charge in [-0.05, 0) is 90.5 Å². The Hall–Kier alpha value is -2.99. The lowest BCUT2D eigenvalue weighted by Crippen LogP contribution is -2.59. The zero-order valence-electron chi connectivity index (χ0n) is 24.5. The number of aromatic nitrogens is 2. The van der Waals surface area contributed by atoms with E-state index in [-0.39, 0.29) is 53.1 Å². The number of amides is 2. The van der Waals surface area contributed by atoms with Crippen molar-refractivity contribution in [3.8, 4) is 0 Å². The van der Waals surface area contributed by atoms with Crippen LogP contribution in [0.25, 0.3) is 10.9 Å². The number of hydrogen-bond donors (Lipinski definition) is 3. The third kappa shape index (κ3) is 6.49. The molecule has 0 radical (unpaired) electrons. The molecule has 1 saturated heterocycles. The minimum atomic E-state index is -4.51. The first kappa shape index (κ1) is 30.5. The second-order valence-corrected chi connectivity index (χ2v) is 12.5. The lowest BCUT2D eigenvalue weighted by Gasteiger charge is -2.45. The second kappa shape index (κ2) is 12.3. The summed E-state index contributed by atoms with van der Waals surface area (Å²) in [7, 11) is 2.11. The van der Waals surface area contributed by atoms with Crippen LogP contribution >= 0.6 is 0 Å². The number of nitrogens with zero attached hydrogens (tertiary/aromatic N) is 4. The molecule has 3 fully saturated rings. The third-order valence-corrected chi connectivity index (χ3v) is 9.56. The lowest BCUT2D eigenvalue weighted by atomic mass is 9.82. The monoisotopic (exact) mass is 589 g/mol. The standard InChI is InChI=1S/C30H42F3N7O2/c1-17(2)39(3)21-9-11-26(25(15-21)38-28(41)18-4-7-20(34)8-5-18)40-13-12-24(29(40)42)37-27-22-14-19(30(31,32)33)6-10-23(22)35-16-36-27/h6,10,14,16-18,20-21,24-26H,4-5,7-9,11-13,15,34H2,1-3H3,(H,38,41)(H,35,36,37)/t18-,20-,21-,24+,25-,26+/m1/s1. The Bertz CT molecular complexity index is 1280. The molecule has 42 heavy (non-hydrogen) atoms. The normalized spacial score (nSPS) is 29.0. The molecule has 4 N–H and O–H groups in total. The van der Waals surface area contributed by atoms with Crippen LogP contribution in [0.1, 0.15) is 70.8 Å². The number of carbonyl (C=O) groups excluding carboxylic acids is 2. The van der Waals surface area contributed by atoms with Gasteiger partial charge in [0.05, 0.1) is 23.2 Å². The van der Waals surface area contributed by atoms with Gasteiger partial charge in [-0.2, -0.15) is 13.2 Å². The largest absolute Gasteiger partial charge is 0.416 e. The summed E-state index contributed by atoms with van der Waals surface area (Å²) in [6, 6.07) is 3.13. The molecule has 2 aromatic rings. The van der Waals surface area contributed by atoms with E-state index in [1.165, 1.54) is 12.4 Å². The molecule has 1 aliphatic heterocycles. The van der Waals surface area contributed by atoms with E-state index < -0.39 is 17.8 Å². The number of carbonyl (C=O) groups is 2. The molecule has 9 nitrogen and oxygen atoms in total. The Morgan fingerprint density at radius 2 is 1.83 bits per heavy atom. The zero-order chi connectivity index (χ0) is 30.2. The number of rotatable bonds is 7. The predicted octanol–water partition coefficient (Wildman–Crippen LogP) is 3.93. The van der Waals surface area contributed by atoms with Crippen molar-refractivity contribution in [3.05, 3.63) is 30.1 Å². The van der Waals surface area contributed by atoms with Crippen LogP contribution in [-0.2, 0) is 15.8 Å². The quantitative estimate of drug-likeness (QED) is 0.448. The molecule has 0 unspecified atom stereocenters. The molecule has 230 valence electrons. The Kier molecular flexibility index (Phi) is 8.94. The fourth-order valence-electron chi connectivity index (χ4n) is 6.81. The molecule has 12 heteroatoms. The van der Waals surface area contributed by atoms with Crippen LogP contribution in [0.5, 0.6) is 0 Å². The molecule has 2 saturated carbocycles. The summed E-state index contributed by atoms with van der Waals surface area (Å²) in [6.45, 7) is 4.80. The molecule has 4 atom stereocenters. The number of nitrogens with two attached hydrogens (primary N) is 1. The first-order chi connectivity index (χ1) is 19.9. The molecule has 2 aliphatic carbocycles. The molecule has 0 bridgehead atoms. The van der Waals surface area contributed by atoms with Crippen LogP contribution in [0.3, 0.4) is 0 Å². The maximum atomic E-state index is 13.8. The SMILES string of the molecule is CC(C)N(C)[C@@H]1CC[C@H](N2CC[C@H](Nc3ncnc4ccc(C(F)(F)F)cc34)C2=O)[C@H](NC(=O)[C@H]2CC[C@H](N)CC2)C1. The molecule has 2 heterocycles. The van der Waals surface area contributed by atoms with Crippen LogP contribution in [-0.4, -0.2) is 81.4 Å². The number of likely N-dealkylation sites (tertiary alicyclic amines) is 1. The molecular weight excluding hydrogens is 547 g/mol. The van der Waals surface area contributed by atoms with Gasteiger partial charge in [0.2, 0.25) is 11.8 Å². The zero-order valence-corrected chi connectivity index (χ0v) is 24.5. The highest BCUT2D eigenvalue weighted by Gasteiger charge is 2.44. The van der Waals surface area contributed by atoms with E-state index in [9.17, 15) is 22.8 Å². The van der Waals surface area contributed by atoms with Gasteiger partial charge in [-0.25, -0.2) is 9.97 Å². The van der Waals surface area contributed by atoms with Crippen molar-refractivity contribution >= 4 is 28.5 Å². The summed E-state index contributed by atoms with van der Waals surface area (Å²) < 4.78 is 40.2. The van der Waals surface area contributed by atoms with Gasteiger partial charge in [0, 0.05) is 36.0 Å². The molecule has 5 rings (SSSR count). The van der Waals surface area contributed by atoms with Gasteiger partial charge >= 0.3 is 6.18 Å². The van der Waals surface area contributed by atoms with Gasteiger partial charge in [-0.1, -0.05) is 0 Å². The van der Waals surface area contributed by atoms with Gasteiger partial charge in [0.25, 0.3) is 0 Å². The summed E-state index contributed by atoms with van der Waals surface area (Å²) in [6.07, 6.45) is 2.89. The number of alkyl halides is 3. The molecule has 0 spiro atoms. The van der Waals surface area contributed by atoms with E-state index in [2.05, 4.69) is 46.4 Å². The summed E-state index contributed by atoms with van der Waals surface area (Å²) in [5, 5.41) is 6.67. The Balaban J connectivity index is 1.33. The summed E-state index contributed by atoms with van der Waals surface area (Å²) >= 11 is 0. The molecular formula is C30H42F3N7O2.